The zero-order chi connectivity index (χ0) is 30.7. The van der Waals surface area contributed by atoms with E-state index in [-0.39, 0.29) is 0 Å². The fourth-order valence-electron chi connectivity index (χ4n) is 18.6. The molecule has 9 rings (SSSR count). The van der Waals surface area contributed by atoms with Gasteiger partial charge >= 0.3 is 0 Å². The van der Waals surface area contributed by atoms with E-state index >= 15 is 0 Å². The van der Waals surface area contributed by atoms with Crippen molar-refractivity contribution in [1.82, 2.24) is 0 Å². The molecular formula is C45H74. The van der Waals surface area contributed by atoms with Crippen LogP contribution in [0.4, 0.5) is 0 Å². The Bertz CT molecular complexity index is 1060. The molecule has 9 fully saturated rings. The molecule has 0 aromatic rings. The van der Waals surface area contributed by atoms with Crippen LogP contribution in [-0.4, -0.2) is 0 Å². The van der Waals surface area contributed by atoms with Crippen LogP contribution in [0.2, 0.25) is 0 Å². The Kier molecular flexibility index (Phi) is 7.95. The van der Waals surface area contributed by atoms with Gasteiger partial charge in [0, 0.05) is 0 Å². The van der Waals surface area contributed by atoms with E-state index in [0.717, 1.165) is 101 Å². The highest BCUT2D eigenvalue weighted by Gasteiger charge is 2.72. The second kappa shape index (κ2) is 11.5. The molecule has 0 heteroatoms. The second-order valence-electron chi connectivity index (χ2n) is 21.5. The molecule has 9 aliphatic rings. The van der Waals surface area contributed by atoms with Crippen LogP contribution in [0.5, 0.6) is 0 Å². The number of hydrogen-bond acceptors (Lipinski definition) is 0. The molecule has 0 radical (unpaired) electrons. The predicted octanol–water partition coefficient (Wildman–Crippen LogP) is 12.8. The molecule has 9 aliphatic carbocycles. The number of rotatable bonds is 1. The molecule has 17 unspecified atom stereocenters. The molecule has 1 spiro atoms. The standard InChI is InChI=1S/C45H74/c1-27-23-28(2)42(30-14-7-6-8-15-30)45(26-27)38-22-21-34-36(24-31-20-19-29-13-9-10-16-32(29)40(31)34)41(38)37-25-39(44(3,4)5)33-17-11-12-18-35(33)43(37)45/h27-43H,6-26H2,1-5H3. The Labute approximate surface area is 280 Å². The third kappa shape index (κ3) is 4.66. The minimum atomic E-state index is 0.486. The van der Waals surface area contributed by atoms with Crippen LogP contribution < -0.4 is 0 Å². The maximum absolute atomic E-state index is 2.82. The number of fused-ring (bicyclic) bond motifs is 13. The summed E-state index contributed by atoms with van der Waals surface area (Å²) in [4.78, 5) is 0. The summed E-state index contributed by atoms with van der Waals surface area (Å²) in [6, 6.07) is 0. The van der Waals surface area contributed by atoms with Crippen molar-refractivity contribution in [2.45, 2.75) is 169 Å². The van der Waals surface area contributed by atoms with Crippen molar-refractivity contribution < 1.29 is 0 Å². The average molecular weight is 615 g/mol. The lowest BCUT2D eigenvalue weighted by atomic mass is 9.42. The van der Waals surface area contributed by atoms with Crippen molar-refractivity contribution in [3.63, 3.8) is 0 Å². The fourth-order valence-corrected chi connectivity index (χ4v) is 18.6. The van der Waals surface area contributed by atoms with E-state index in [1.807, 2.05) is 0 Å². The Balaban J connectivity index is 1.17. The molecule has 0 aliphatic heterocycles. The fraction of sp³-hybridized carbons (Fsp3) is 1.00. The summed E-state index contributed by atoms with van der Waals surface area (Å²) < 4.78 is 0. The van der Waals surface area contributed by atoms with E-state index in [4.69, 9.17) is 0 Å². The number of hydrogen-bond donors (Lipinski definition) is 0. The van der Waals surface area contributed by atoms with Crippen LogP contribution in [0, 0.1) is 111 Å². The SMILES string of the molecule is CC1CC(C)C(C2CCCCC2)C2(C1)C1CCC3C(CC4CCC5CCCCC5C43)C1C1CC(C(C)(C)C)C3CCCCC3C12. The Morgan fingerprint density at radius 1 is 0.467 bits per heavy atom. The molecule has 0 amide bonds. The minimum absolute atomic E-state index is 0.486. The van der Waals surface area contributed by atoms with E-state index in [0.29, 0.717) is 10.8 Å². The highest BCUT2D eigenvalue weighted by atomic mass is 14.8. The monoisotopic (exact) mass is 615 g/mol. The molecule has 45 heavy (non-hydrogen) atoms. The third-order valence-corrected chi connectivity index (χ3v) is 18.9. The van der Waals surface area contributed by atoms with Gasteiger partial charge in [0.15, 0.2) is 0 Å². The quantitative estimate of drug-likeness (QED) is 0.276. The normalized spacial score (nSPS) is 56.5. The van der Waals surface area contributed by atoms with Crippen LogP contribution in [0.3, 0.4) is 0 Å². The van der Waals surface area contributed by atoms with Gasteiger partial charge in [0.05, 0.1) is 0 Å². The first kappa shape index (κ1) is 31.0. The average Bonchev–Trinajstić information content (AvgIpc) is 3.54. The zero-order valence-electron chi connectivity index (χ0n) is 30.7. The lowest BCUT2D eigenvalue weighted by Crippen LogP contribution is -2.56. The first-order chi connectivity index (χ1) is 21.8. The maximum atomic E-state index is 2.82. The van der Waals surface area contributed by atoms with Crippen LogP contribution in [0.1, 0.15) is 169 Å². The maximum Gasteiger partial charge on any atom is -0.0197 e. The van der Waals surface area contributed by atoms with Crippen molar-refractivity contribution in [1.29, 1.82) is 0 Å². The Morgan fingerprint density at radius 3 is 1.91 bits per heavy atom. The Morgan fingerprint density at radius 2 is 1.13 bits per heavy atom. The van der Waals surface area contributed by atoms with Gasteiger partial charge in [-0.3, -0.25) is 0 Å². The Hall–Kier alpha value is 0. The van der Waals surface area contributed by atoms with Crippen LogP contribution >= 0.6 is 0 Å². The van der Waals surface area contributed by atoms with Gasteiger partial charge in [-0.25, -0.2) is 0 Å². The summed E-state index contributed by atoms with van der Waals surface area (Å²) in [5, 5.41) is 0. The highest BCUT2D eigenvalue weighted by molar-refractivity contribution is 5.20. The molecular weight excluding hydrogens is 540 g/mol. The van der Waals surface area contributed by atoms with Crippen molar-refractivity contribution >= 4 is 0 Å². The molecule has 0 aromatic heterocycles. The third-order valence-electron chi connectivity index (χ3n) is 18.9. The first-order valence-corrected chi connectivity index (χ1v) is 21.8. The minimum Gasteiger partial charge on any atom is -0.0625 e. The van der Waals surface area contributed by atoms with E-state index in [9.17, 15) is 0 Å². The van der Waals surface area contributed by atoms with E-state index < -0.39 is 0 Å². The smallest absolute Gasteiger partial charge is 0.0197 e. The van der Waals surface area contributed by atoms with Crippen LogP contribution in [-0.2, 0) is 0 Å². The molecule has 17 atom stereocenters. The van der Waals surface area contributed by atoms with Gasteiger partial charge in [0.1, 0.15) is 0 Å². The van der Waals surface area contributed by atoms with Gasteiger partial charge < -0.3 is 0 Å². The largest absolute Gasteiger partial charge is 0.0625 e. The lowest BCUT2D eigenvalue weighted by molar-refractivity contribution is -0.143. The summed E-state index contributed by atoms with van der Waals surface area (Å²) in [6.45, 7) is 13.6. The van der Waals surface area contributed by atoms with E-state index in [2.05, 4.69) is 34.6 Å². The summed E-state index contributed by atoms with van der Waals surface area (Å²) in [6.07, 6.45) is 33.6. The van der Waals surface area contributed by atoms with Gasteiger partial charge in [-0.05, 0) is 182 Å². The summed E-state index contributed by atoms with van der Waals surface area (Å²) in [5.41, 5.74) is 1.18. The lowest BCUT2D eigenvalue weighted by Gasteiger charge is -2.62. The van der Waals surface area contributed by atoms with Crippen LogP contribution in [0.15, 0.2) is 0 Å². The summed E-state index contributed by atoms with van der Waals surface area (Å²) >= 11 is 0. The van der Waals surface area contributed by atoms with Gasteiger partial charge in [0.2, 0.25) is 0 Å². The highest BCUT2D eigenvalue weighted by Crippen LogP contribution is 2.78. The molecule has 0 N–H and O–H groups in total. The van der Waals surface area contributed by atoms with Gasteiger partial charge in [0.25, 0.3) is 0 Å². The second-order valence-corrected chi connectivity index (χ2v) is 21.5. The van der Waals surface area contributed by atoms with Crippen molar-refractivity contribution in [2.75, 3.05) is 0 Å². The predicted molar refractivity (Wildman–Crippen MR) is 190 cm³/mol. The van der Waals surface area contributed by atoms with Crippen molar-refractivity contribution in [3.05, 3.63) is 0 Å². The van der Waals surface area contributed by atoms with Gasteiger partial charge in [-0.1, -0.05) is 98.8 Å². The van der Waals surface area contributed by atoms with E-state index in [1.54, 1.807) is 128 Å². The molecule has 0 nitrogen and oxygen atoms in total. The molecule has 0 heterocycles. The summed E-state index contributed by atoms with van der Waals surface area (Å²) in [7, 11) is 0. The zero-order valence-corrected chi connectivity index (χ0v) is 30.7. The first-order valence-electron chi connectivity index (χ1n) is 21.8. The molecule has 0 aromatic carbocycles. The molecule has 0 saturated heterocycles. The van der Waals surface area contributed by atoms with Crippen molar-refractivity contribution in [3.8, 4) is 0 Å². The van der Waals surface area contributed by atoms with Crippen LogP contribution in [0.25, 0.3) is 0 Å². The topological polar surface area (TPSA) is 0 Å². The van der Waals surface area contributed by atoms with Gasteiger partial charge in [-0.15, -0.1) is 0 Å². The molecule has 9 saturated carbocycles. The van der Waals surface area contributed by atoms with Crippen molar-refractivity contribution in [2.24, 2.45) is 111 Å². The summed E-state index contributed by atoms with van der Waals surface area (Å²) in [5.74, 6) is 18.3. The molecule has 254 valence electrons. The van der Waals surface area contributed by atoms with Gasteiger partial charge in [-0.2, -0.15) is 0 Å². The molecule has 0 bridgehead atoms. The van der Waals surface area contributed by atoms with E-state index in [1.165, 1.54) is 6.42 Å².